The molecule has 0 bridgehead atoms. The molecule has 2 heterocycles. The van der Waals surface area contributed by atoms with Gasteiger partial charge in [0.1, 0.15) is 5.60 Å². The number of hydrogen-bond acceptors (Lipinski definition) is 4. The zero-order valence-corrected chi connectivity index (χ0v) is 8.58. The number of nitrogens with one attached hydrogen (secondary N) is 1. The first kappa shape index (κ1) is 10.4. The third-order valence-electron chi connectivity index (χ3n) is 3.43. The molecule has 0 aromatic carbocycles. The quantitative estimate of drug-likeness (QED) is 0.544. The average molecular weight is 200 g/mol. The van der Waals surface area contributed by atoms with Crippen LogP contribution in [0.4, 0.5) is 0 Å². The Kier molecular flexibility index (Phi) is 3.07. The Hall–Kier alpha value is -0.160. The Morgan fingerprint density at radius 3 is 3.00 bits per heavy atom. The van der Waals surface area contributed by atoms with Gasteiger partial charge in [-0.05, 0) is 32.4 Å². The fourth-order valence-electron chi connectivity index (χ4n) is 2.54. The lowest BCUT2D eigenvalue weighted by Crippen LogP contribution is -2.54. The van der Waals surface area contributed by atoms with Gasteiger partial charge >= 0.3 is 0 Å². The number of piperidine rings is 1. The summed E-state index contributed by atoms with van der Waals surface area (Å²) >= 11 is 0. The molecule has 3 N–H and O–H groups in total. The minimum Gasteiger partial charge on any atom is -0.393 e. The minimum atomic E-state index is -0.846. The van der Waals surface area contributed by atoms with Crippen molar-refractivity contribution in [3.8, 4) is 0 Å². The van der Waals surface area contributed by atoms with Crippen molar-refractivity contribution in [2.75, 3.05) is 32.8 Å². The van der Waals surface area contributed by atoms with Crippen molar-refractivity contribution in [1.29, 1.82) is 0 Å². The van der Waals surface area contributed by atoms with E-state index >= 15 is 0 Å². The third kappa shape index (κ3) is 2.08. The van der Waals surface area contributed by atoms with Gasteiger partial charge < -0.3 is 15.5 Å². The molecule has 0 saturated carbocycles. The lowest BCUT2D eigenvalue weighted by Gasteiger charge is -2.40. The van der Waals surface area contributed by atoms with Gasteiger partial charge in [-0.1, -0.05) is 0 Å². The summed E-state index contributed by atoms with van der Waals surface area (Å²) in [5.74, 6) is 0. The Balaban J connectivity index is 1.93. The zero-order valence-electron chi connectivity index (χ0n) is 8.58. The normalized spacial score (nSPS) is 40.3. The maximum Gasteiger partial charge on any atom is 0.100 e. The molecule has 14 heavy (non-hydrogen) atoms. The molecule has 0 aliphatic carbocycles. The SMILES string of the molecule is OCC1(O)CCCN(C2CCNC2)C1. The predicted octanol–water partition coefficient (Wildman–Crippen LogP) is -0.832. The lowest BCUT2D eigenvalue weighted by atomic mass is 9.92. The van der Waals surface area contributed by atoms with Gasteiger partial charge in [-0.2, -0.15) is 0 Å². The van der Waals surface area contributed by atoms with Crippen LogP contribution >= 0.6 is 0 Å². The van der Waals surface area contributed by atoms with Crippen LogP contribution in [0.15, 0.2) is 0 Å². The molecule has 0 spiro atoms. The van der Waals surface area contributed by atoms with Crippen LogP contribution in [0.25, 0.3) is 0 Å². The van der Waals surface area contributed by atoms with Crippen LogP contribution in [-0.4, -0.2) is 59.5 Å². The molecule has 4 nitrogen and oxygen atoms in total. The summed E-state index contributed by atoms with van der Waals surface area (Å²) in [6.45, 7) is 3.70. The molecule has 2 aliphatic rings. The first-order chi connectivity index (χ1) is 6.73. The van der Waals surface area contributed by atoms with E-state index in [4.69, 9.17) is 5.11 Å². The highest BCUT2D eigenvalue weighted by atomic mass is 16.3. The van der Waals surface area contributed by atoms with Gasteiger partial charge in [0, 0.05) is 19.1 Å². The molecule has 2 saturated heterocycles. The Morgan fingerprint density at radius 1 is 1.50 bits per heavy atom. The standard InChI is InChI=1S/C10H20N2O2/c13-8-10(14)3-1-5-12(7-10)9-2-4-11-6-9/h9,11,13-14H,1-8H2. The van der Waals surface area contributed by atoms with Crippen molar-refractivity contribution in [3.05, 3.63) is 0 Å². The van der Waals surface area contributed by atoms with Crippen LogP contribution in [-0.2, 0) is 0 Å². The van der Waals surface area contributed by atoms with E-state index in [9.17, 15) is 5.11 Å². The highest BCUT2D eigenvalue weighted by Crippen LogP contribution is 2.23. The summed E-state index contributed by atoms with van der Waals surface area (Å²) in [6, 6.07) is 0.563. The van der Waals surface area contributed by atoms with Gasteiger partial charge in [0.05, 0.1) is 6.61 Å². The Bertz CT molecular complexity index is 195. The van der Waals surface area contributed by atoms with Crippen LogP contribution in [0.3, 0.4) is 0 Å². The van der Waals surface area contributed by atoms with Crippen LogP contribution in [0.5, 0.6) is 0 Å². The van der Waals surface area contributed by atoms with E-state index in [0.29, 0.717) is 12.6 Å². The summed E-state index contributed by atoms with van der Waals surface area (Å²) in [5.41, 5.74) is -0.846. The van der Waals surface area contributed by atoms with Crippen molar-refractivity contribution in [2.24, 2.45) is 0 Å². The van der Waals surface area contributed by atoms with Crippen LogP contribution in [0, 0.1) is 0 Å². The van der Waals surface area contributed by atoms with Gasteiger partial charge in [-0.3, -0.25) is 4.90 Å². The molecular weight excluding hydrogens is 180 g/mol. The smallest absolute Gasteiger partial charge is 0.100 e. The van der Waals surface area contributed by atoms with Gasteiger partial charge in [0.15, 0.2) is 0 Å². The molecule has 2 unspecified atom stereocenters. The maximum absolute atomic E-state index is 10.00. The zero-order chi connectivity index (χ0) is 10.0. The summed E-state index contributed by atoms with van der Waals surface area (Å²) in [7, 11) is 0. The van der Waals surface area contributed by atoms with Gasteiger partial charge in [-0.25, -0.2) is 0 Å². The second kappa shape index (κ2) is 4.14. The monoisotopic (exact) mass is 200 g/mol. The number of β-amino-alcohol motifs (C(OH)–C–C–N with tert-alkyl or cyclic N) is 1. The summed E-state index contributed by atoms with van der Waals surface area (Å²) in [6.07, 6.45) is 2.90. The van der Waals surface area contributed by atoms with Crippen LogP contribution in [0.2, 0.25) is 0 Å². The van der Waals surface area contributed by atoms with Gasteiger partial charge in [0.2, 0.25) is 0 Å². The van der Waals surface area contributed by atoms with Crippen LogP contribution < -0.4 is 5.32 Å². The number of hydrogen-bond donors (Lipinski definition) is 3. The van der Waals surface area contributed by atoms with E-state index < -0.39 is 5.60 Å². The molecule has 2 atom stereocenters. The second-order valence-electron chi connectivity index (χ2n) is 4.60. The minimum absolute atomic E-state index is 0.107. The van der Waals surface area contributed by atoms with Gasteiger partial charge in [-0.15, -0.1) is 0 Å². The molecule has 0 radical (unpaired) electrons. The average Bonchev–Trinajstić information content (AvgIpc) is 2.71. The molecule has 2 fully saturated rings. The highest BCUT2D eigenvalue weighted by molar-refractivity contribution is 4.91. The number of nitrogens with zero attached hydrogens (tertiary/aromatic N) is 1. The summed E-state index contributed by atoms with van der Waals surface area (Å²) < 4.78 is 0. The fraction of sp³-hybridized carbons (Fsp3) is 1.00. The van der Waals surface area contributed by atoms with E-state index in [-0.39, 0.29) is 6.61 Å². The number of likely N-dealkylation sites (tertiary alicyclic amines) is 1. The first-order valence-electron chi connectivity index (χ1n) is 5.51. The van der Waals surface area contributed by atoms with Crippen LogP contribution in [0.1, 0.15) is 19.3 Å². The predicted molar refractivity (Wildman–Crippen MR) is 54.1 cm³/mol. The molecule has 2 rings (SSSR count). The summed E-state index contributed by atoms with van der Waals surface area (Å²) in [4.78, 5) is 2.32. The fourth-order valence-corrected chi connectivity index (χ4v) is 2.54. The topological polar surface area (TPSA) is 55.7 Å². The van der Waals surface area contributed by atoms with E-state index in [1.807, 2.05) is 0 Å². The van der Waals surface area contributed by atoms with Crippen molar-refractivity contribution in [3.63, 3.8) is 0 Å². The Morgan fingerprint density at radius 2 is 2.36 bits per heavy atom. The van der Waals surface area contributed by atoms with Crippen molar-refractivity contribution in [1.82, 2.24) is 10.2 Å². The molecule has 0 aromatic rings. The third-order valence-corrected chi connectivity index (χ3v) is 3.43. The number of aliphatic hydroxyl groups is 2. The van der Waals surface area contributed by atoms with E-state index in [1.54, 1.807) is 0 Å². The van der Waals surface area contributed by atoms with Gasteiger partial charge in [0.25, 0.3) is 0 Å². The molecular formula is C10H20N2O2. The van der Waals surface area contributed by atoms with E-state index in [1.165, 1.54) is 6.42 Å². The second-order valence-corrected chi connectivity index (χ2v) is 4.60. The largest absolute Gasteiger partial charge is 0.393 e. The molecule has 0 aromatic heterocycles. The number of aliphatic hydroxyl groups excluding tert-OH is 1. The molecule has 4 heteroatoms. The summed E-state index contributed by atoms with van der Waals surface area (Å²) in [5, 5.41) is 22.4. The Labute approximate surface area is 84.9 Å². The maximum atomic E-state index is 10.00. The first-order valence-corrected chi connectivity index (χ1v) is 5.51. The van der Waals surface area contributed by atoms with E-state index in [2.05, 4.69) is 10.2 Å². The van der Waals surface area contributed by atoms with Crippen molar-refractivity contribution >= 4 is 0 Å². The highest BCUT2D eigenvalue weighted by Gasteiger charge is 2.35. The molecule has 0 amide bonds. The van der Waals surface area contributed by atoms with Crippen molar-refractivity contribution in [2.45, 2.75) is 30.9 Å². The van der Waals surface area contributed by atoms with E-state index in [0.717, 1.165) is 32.5 Å². The molecule has 2 aliphatic heterocycles. The van der Waals surface area contributed by atoms with Crippen molar-refractivity contribution < 1.29 is 10.2 Å². The number of rotatable bonds is 2. The lowest BCUT2D eigenvalue weighted by molar-refractivity contribution is -0.0745. The molecule has 82 valence electrons.